The number of ketones is 1. The van der Waals surface area contributed by atoms with Crippen LogP contribution in [0.2, 0.25) is 5.15 Å². The van der Waals surface area contributed by atoms with E-state index in [0.29, 0.717) is 18.0 Å². The molecule has 0 bridgehead atoms. The second-order valence-electron chi connectivity index (χ2n) is 5.02. The molecule has 0 amide bonds. The number of rotatable bonds is 3. The molecule has 6 heteroatoms. The number of aliphatic hydroxyl groups excluding tert-OH is 2. The standard InChI is InChI=1S/C13H17ClN2O3/c14-12-2-1-8(6-16-12)10-5-9(18)3-4-13(10,15)11(19)7-17/h1-2,6,10-11,17,19H,3-5,7,15H2/t10-,11?,13+/m1/s1. The molecule has 0 spiro atoms. The minimum Gasteiger partial charge on any atom is -0.394 e. The average Bonchev–Trinajstić information content (AvgIpc) is 2.42. The fourth-order valence-corrected chi connectivity index (χ4v) is 2.75. The molecule has 104 valence electrons. The van der Waals surface area contributed by atoms with Gasteiger partial charge < -0.3 is 15.9 Å². The van der Waals surface area contributed by atoms with Crippen LogP contribution >= 0.6 is 11.6 Å². The zero-order valence-electron chi connectivity index (χ0n) is 10.4. The van der Waals surface area contributed by atoms with E-state index in [9.17, 15) is 15.0 Å². The molecule has 3 atom stereocenters. The van der Waals surface area contributed by atoms with Crippen molar-refractivity contribution >= 4 is 17.4 Å². The first-order valence-electron chi connectivity index (χ1n) is 6.18. The second-order valence-corrected chi connectivity index (χ2v) is 5.41. The summed E-state index contributed by atoms with van der Waals surface area (Å²) in [5.41, 5.74) is 6.01. The van der Waals surface area contributed by atoms with Gasteiger partial charge in [0.1, 0.15) is 10.9 Å². The summed E-state index contributed by atoms with van der Waals surface area (Å²) in [5.74, 6) is -0.258. The van der Waals surface area contributed by atoms with Crippen molar-refractivity contribution in [1.29, 1.82) is 0 Å². The van der Waals surface area contributed by atoms with E-state index in [1.54, 1.807) is 18.3 Å². The number of pyridine rings is 1. The van der Waals surface area contributed by atoms with E-state index < -0.39 is 18.2 Å². The van der Waals surface area contributed by atoms with Crippen LogP contribution in [0.5, 0.6) is 0 Å². The first-order valence-corrected chi connectivity index (χ1v) is 6.56. The Hall–Kier alpha value is -1.01. The second kappa shape index (κ2) is 5.54. The average molecular weight is 285 g/mol. The van der Waals surface area contributed by atoms with Gasteiger partial charge in [0.2, 0.25) is 0 Å². The molecule has 5 nitrogen and oxygen atoms in total. The summed E-state index contributed by atoms with van der Waals surface area (Å²) in [7, 11) is 0. The fourth-order valence-electron chi connectivity index (χ4n) is 2.64. The van der Waals surface area contributed by atoms with Gasteiger partial charge in [0.15, 0.2) is 0 Å². The van der Waals surface area contributed by atoms with Crippen molar-refractivity contribution in [2.75, 3.05) is 6.61 Å². The third-order valence-electron chi connectivity index (χ3n) is 3.86. The lowest BCUT2D eigenvalue weighted by Gasteiger charge is -2.43. The van der Waals surface area contributed by atoms with E-state index in [1.165, 1.54) is 0 Å². The van der Waals surface area contributed by atoms with Gasteiger partial charge in [-0.3, -0.25) is 4.79 Å². The van der Waals surface area contributed by atoms with Crippen LogP contribution in [-0.2, 0) is 4.79 Å². The minimum absolute atomic E-state index is 0.103. The van der Waals surface area contributed by atoms with Gasteiger partial charge in [-0.25, -0.2) is 4.98 Å². The number of nitrogens with zero attached hydrogens (tertiary/aromatic N) is 1. The third-order valence-corrected chi connectivity index (χ3v) is 4.09. The highest BCUT2D eigenvalue weighted by molar-refractivity contribution is 6.29. The van der Waals surface area contributed by atoms with Crippen molar-refractivity contribution in [2.24, 2.45) is 5.73 Å². The number of nitrogens with two attached hydrogens (primary N) is 1. The number of hydrogen-bond donors (Lipinski definition) is 3. The molecule has 1 fully saturated rings. The monoisotopic (exact) mass is 284 g/mol. The van der Waals surface area contributed by atoms with Crippen LogP contribution in [0.1, 0.15) is 30.7 Å². The van der Waals surface area contributed by atoms with Crippen LogP contribution < -0.4 is 5.73 Å². The van der Waals surface area contributed by atoms with Gasteiger partial charge in [-0.2, -0.15) is 0 Å². The Morgan fingerprint density at radius 2 is 2.32 bits per heavy atom. The molecule has 1 aromatic rings. The Balaban J connectivity index is 2.36. The number of aromatic nitrogens is 1. The lowest BCUT2D eigenvalue weighted by atomic mass is 9.67. The predicted molar refractivity (Wildman–Crippen MR) is 70.9 cm³/mol. The van der Waals surface area contributed by atoms with Crippen LogP contribution in [0.3, 0.4) is 0 Å². The Labute approximate surface area is 116 Å². The van der Waals surface area contributed by atoms with E-state index in [4.69, 9.17) is 17.3 Å². The molecule has 0 radical (unpaired) electrons. The maximum Gasteiger partial charge on any atom is 0.133 e. The van der Waals surface area contributed by atoms with Gasteiger partial charge in [0, 0.05) is 25.0 Å². The highest BCUT2D eigenvalue weighted by atomic mass is 35.5. The van der Waals surface area contributed by atoms with Crippen molar-refractivity contribution in [1.82, 2.24) is 4.98 Å². The minimum atomic E-state index is -1.07. The highest BCUT2D eigenvalue weighted by Crippen LogP contribution is 2.40. The van der Waals surface area contributed by atoms with Gasteiger partial charge in [0.05, 0.1) is 18.2 Å². The SMILES string of the molecule is N[C@@]1(C(O)CO)CCC(=O)C[C@@H]1c1ccc(Cl)nc1. The molecule has 0 saturated heterocycles. The summed E-state index contributed by atoms with van der Waals surface area (Å²) < 4.78 is 0. The molecule has 0 aromatic carbocycles. The molecule has 0 aliphatic heterocycles. The summed E-state index contributed by atoms with van der Waals surface area (Å²) >= 11 is 5.74. The van der Waals surface area contributed by atoms with Crippen LogP contribution in [0, 0.1) is 0 Å². The molecule has 1 heterocycles. The van der Waals surface area contributed by atoms with Crippen molar-refractivity contribution in [3.63, 3.8) is 0 Å². The number of halogens is 1. The summed E-state index contributed by atoms with van der Waals surface area (Å²) in [6.07, 6.45) is 1.42. The van der Waals surface area contributed by atoms with Gasteiger partial charge in [-0.1, -0.05) is 17.7 Å². The first kappa shape index (κ1) is 14.4. The van der Waals surface area contributed by atoms with Gasteiger partial charge in [-0.15, -0.1) is 0 Å². The number of carbonyl (C=O) groups excluding carboxylic acids is 1. The number of hydrogen-bond acceptors (Lipinski definition) is 5. The van der Waals surface area contributed by atoms with Crippen LogP contribution in [0.15, 0.2) is 18.3 Å². The van der Waals surface area contributed by atoms with E-state index in [-0.39, 0.29) is 18.1 Å². The maximum absolute atomic E-state index is 11.7. The summed E-state index contributed by atoms with van der Waals surface area (Å²) in [5, 5.41) is 19.5. The first-order chi connectivity index (χ1) is 8.97. The lowest BCUT2D eigenvalue weighted by molar-refractivity contribution is -0.123. The molecule has 2 rings (SSSR count). The number of aliphatic hydroxyl groups is 2. The zero-order chi connectivity index (χ0) is 14.0. The van der Waals surface area contributed by atoms with Crippen molar-refractivity contribution in [3.8, 4) is 0 Å². The summed E-state index contributed by atoms with van der Waals surface area (Å²) in [6, 6.07) is 3.38. The molecular weight excluding hydrogens is 268 g/mol. The Bertz CT molecular complexity index is 465. The smallest absolute Gasteiger partial charge is 0.133 e. The molecule has 1 aromatic heterocycles. The van der Waals surface area contributed by atoms with Gasteiger partial charge in [0.25, 0.3) is 0 Å². The zero-order valence-corrected chi connectivity index (χ0v) is 11.2. The maximum atomic E-state index is 11.7. The molecule has 4 N–H and O–H groups in total. The van der Waals surface area contributed by atoms with Gasteiger partial charge in [-0.05, 0) is 18.1 Å². The summed E-state index contributed by atoms with van der Waals surface area (Å²) in [6.45, 7) is -0.428. The molecular formula is C13H17ClN2O3. The normalized spacial score (nSPS) is 29.3. The molecule has 1 aliphatic carbocycles. The third kappa shape index (κ3) is 2.79. The molecule has 19 heavy (non-hydrogen) atoms. The van der Waals surface area contributed by atoms with E-state index in [2.05, 4.69) is 4.98 Å². The molecule has 1 aliphatic rings. The number of carbonyl (C=O) groups is 1. The van der Waals surface area contributed by atoms with Crippen LogP contribution in [-0.4, -0.2) is 39.2 Å². The lowest BCUT2D eigenvalue weighted by Crippen LogP contribution is -2.59. The number of Topliss-reactive ketones (excluding diaryl/α,β-unsaturated/α-hetero) is 1. The fraction of sp³-hybridized carbons (Fsp3) is 0.538. The molecule has 1 saturated carbocycles. The highest BCUT2D eigenvalue weighted by Gasteiger charge is 2.45. The van der Waals surface area contributed by atoms with Crippen molar-refractivity contribution in [3.05, 3.63) is 29.0 Å². The predicted octanol–water partition coefficient (Wildman–Crippen LogP) is 0.622. The van der Waals surface area contributed by atoms with E-state index in [0.717, 1.165) is 5.56 Å². The van der Waals surface area contributed by atoms with Crippen LogP contribution in [0.25, 0.3) is 0 Å². The largest absolute Gasteiger partial charge is 0.394 e. The summed E-state index contributed by atoms with van der Waals surface area (Å²) in [4.78, 5) is 15.7. The molecule has 1 unspecified atom stereocenters. The van der Waals surface area contributed by atoms with Crippen LogP contribution in [0.4, 0.5) is 0 Å². The quantitative estimate of drug-likeness (QED) is 0.707. The van der Waals surface area contributed by atoms with Gasteiger partial charge >= 0.3 is 0 Å². The van der Waals surface area contributed by atoms with Crippen molar-refractivity contribution < 1.29 is 15.0 Å². The van der Waals surface area contributed by atoms with Crippen molar-refractivity contribution in [2.45, 2.75) is 36.8 Å². The Kier molecular flexibility index (Phi) is 4.20. The Morgan fingerprint density at radius 3 is 2.89 bits per heavy atom. The van der Waals surface area contributed by atoms with E-state index in [1.807, 2.05) is 0 Å². The Morgan fingerprint density at radius 1 is 1.58 bits per heavy atom. The van der Waals surface area contributed by atoms with E-state index >= 15 is 0 Å². The topological polar surface area (TPSA) is 96.4 Å².